The van der Waals surface area contributed by atoms with Gasteiger partial charge in [-0.3, -0.25) is 9.59 Å². The van der Waals surface area contributed by atoms with Crippen molar-refractivity contribution in [3.05, 3.63) is 82.2 Å². The first-order valence-electron chi connectivity index (χ1n) is 11.3. The summed E-state index contributed by atoms with van der Waals surface area (Å²) < 4.78 is 11.0. The normalized spacial score (nSPS) is 13.2. The van der Waals surface area contributed by atoms with Crippen LogP contribution in [-0.2, 0) is 24.4 Å². The van der Waals surface area contributed by atoms with Crippen LogP contribution in [0.3, 0.4) is 0 Å². The molecule has 0 unspecified atom stereocenters. The standard InChI is InChI=1S/C26H29N3O4/c1-18-24(19(2)33-28-18)17-32-23-11-7-20(8-12-23)15-25(30)27-16-21-5-9-22(10-6-21)26(31)29-13-3-4-14-29/h5-12H,3-4,13-17H2,1-2H3,(H,27,30). The van der Waals surface area contributed by atoms with Gasteiger partial charge in [0.15, 0.2) is 0 Å². The average molecular weight is 448 g/mol. The van der Waals surface area contributed by atoms with Crippen LogP contribution in [-0.4, -0.2) is 35.0 Å². The Bertz CT molecular complexity index is 1080. The molecule has 2 amide bonds. The first-order chi connectivity index (χ1) is 16.0. The molecule has 1 fully saturated rings. The van der Waals surface area contributed by atoms with Crippen LogP contribution >= 0.6 is 0 Å². The van der Waals surface area contributed by atoms with E-state index in [1.54, 1.807) is 0 Å². The van der Waals surface area contributed by atoms with Gasteiger partial charge in [-0.2, -0.15) is 0 Å². The minimum atomic E-state index is -0.0587. The third-order valence-electron chi connectivity index (χ3n) is 5.94. The number of hydrogen-bond donors (Lipinski definition) is 1. The second-order valence-corrected chi connectivity index (χ2v) is 8.39. The molecule has 2 heterocycles. The number of carbonyl (C=O) groups excluding carboxylic acids is 2. The van der Waals surface area contributed by atoms with Crippen molar-refractivity contribution in [1.29, 1.82) is 0 Å². The third kappa shape index (κ3) is 5.80. The first kappa shape index (κ1) is 22.6. The van der Waals surface area contributed by atoms with E-state index in [2.05, 4.69) is 10.5 Å². The quantitative estimate of drug-likeness (QED) is 0.565. The molecular weight excluding hydrogens is 418 g/mol. The minimum Gasteiger partial charge on any atom is -0.489 e. The van der Waals surface area contributed by atoms with E-state index in [9.17, 15) is 9.59 Å². The summed E-state index contributed by atoms with van der Waals surface area (Å²) in [7, 11) is 0. The molecule has 0 spiro atoms. The Morgan fingerprint density at radius 3 is 2.30 bits per heavy atom. The highest BCUT2D eigenvalue weighted by atomic mass is 16.5. The number of likely N-dealkylation sites (tertiary alicyclic amines) is 1. The molecule has 1 aliphatic rings. The maximum atomic E-state index is 12.4. The molecule has 0 bridgehead atoms. The molecule has 0 aliphatic carbocycles. The molecule has 7 nitrogen and oxygen atoms in total. The van der Waals surface area contributed by atoms with Crippen molar-refractivity contribution in [2.75, 3.05) is 13.1 Å². The van der Waals surface area contributed by atoms with Gasteiger partial charge in [0.05, 0.1) is 17.7 Å². The van der Waals surface area contributed by atoms with E-state index < -0.39 is 0 Å². The number of nitrogens with zero attached hydrogens (tertiary/aromatic N) is 2. The molecular formula is C26H29N3O4. The van der Waals surface area contributed by atoms with Gasteiger partial charge in [0.2, 0.25) is 5.91 Å². The topological polar surface area (TPSA) is 84.7 Å². The van der Waals surface area contributed by atoms with Gasteiger partial charge in [0.1, 0.15) is 18.1 Å². The largest absolute Gasteiger partial charge is 0.489 e. The Hall–Kier alpha value is -3.61. The van der Waals surface area contributed by atoms with E-state index in [0.29, 0.717) is 18.7 Å². The van der Waals surface area contributed by atoms with Gasteiger partial charge in [-0.25, -0.2) is 0 Å². The van der Waals surface area contributed by atoms with E-state index >= 15 is 0 Å². The summed E-state index contributed by atoms with van der Waals surface area (Å²) in [5.74, 6) is 1.51. The van der Waals surface area contributed by atoms with Gasteiger partial charge in [-0.15, -0.1) is 0 Å². The molecule has 3 aromatic rings. The first-order valence-corrected chi connectivity index (χ1v) is 11.3. The van der Waals surface area contributed by atoms with Crippen LogP contribution < -0.4 is 10.1 Å². The minimum absolute atomic E-state index is 0.0587. The van der Waals surface area contributed by atoms with E-state index in [-0.39, 0.29) is 18.2 Å². The van der Waals surface area contributed by atoms with Crippen molar-refractivity contribution in [2.24, 2.45) is 0 Å². The van der Waals surface area contributed by atoms with E-state index in [1.165, 1.54) is 0 Å². The highest BCUT2D eigenvalue weighted by Crippen LogP contribution is 2.18. The van der Waals surface area contributed by atoms with Crippen LogP contribution in [0.5, 0.6) is 5.75 Å². The molecule has 2 aromatic carbocycles. The lowest BCUT2D eigenvalue weighted by molar-refractivity contribution is -0.120. The van der Waals surface area contributed by atoms with Crippen LogP contribution in [0.15, 0.2) is 53.1 Å². The van der Waals surface area contributed by atoms with E-state index in [0.717, 1.165) is 59.8 Å². The van der Waals surface area contributed by atoms with Gasteiger partial charge >= 0.3 is 0 Å². The number of carbonyl (C=O) groups is 2. The Morgan fingerprint density at radius 1 is 1.00 bits per heavy atom. The fourth-order valence-corrected chi connectivity index (χ4v) is 3.88. The summed E-state index contributed by atoms with van der Waals surface area (Å²) in [5.41, 5.74) is 4.34. The molecule has 4 rings (SSSR count). The second kappa shape index (κ2) is 10.3. The monoisotopic (exact) mass is 447 g/mol. The molecule has 0 radical (unpaired) electrons. The summed E-state index contributed by atoms with van der Waals surface area (Å²) in [6.45, 7) is 6.25. The SMILES string of the molecule is Cc1noc(C)c1COc1ccc(CC(=O)NCc2ccc(C(=O)N3CCCC3)cc2)cc1. The number of nitrogens with one attached hydrogen (secondary N) is 1. The number of rotatable bonds is 8. The number of aromatic nitrogens is 1. The average Bonchev–Trinajstić information content (AvgIpc) is 3.48. The summed E-state index contributed by atoms with van der Waals surface area (Å²) in [6.07, 6.45) is 2.44. The lowest BCUT2D eigenvalue weighted by Gasteiger charge is -2.15. The molecule has 1 N–H and O–H groups in total. The van der Waals surface area contributed by atoms with Crippen LogP contribution in [0.25, 0.3) is 0 Å². The summed E-state index contributed by atoms with van der Waals surface area (Å²) in [6, 6.07) is 15.0. The molecule has 1 aromatic heterocycles. The summed E-state index contributed by atoms with van der Waals surface area (Å²) in [4.78, 5) is 26.7. The van der Waals surface area contributed by atoms with Crippen LogP contribution in [0.1, 0.15) is 51.3 Å². The van der Waals surface area contributed by atoms with Crippen molar-refractivity contribution in [3.8, 4) is 5.75 Å². The van der Waals surface area contributed by atoms with Crippen LogP contribution in [0, 0.1) is 13.8 Å². The lowest BCUT2D eigenvalue weighted by atomic mass is 10.1. The number of ether oxygens (including phenoxy) is 1. The van der Waals surface area contributed by atoms with Gasteiger partial charge in [0, 0.05) is 25.2 Å². The Labute approximate surface area is 193 Å². The summed E-state index contributed by atoms with van der Waals surface area (Å²) in [5, 5.41) is 6.87. The number of benzene rings is 2. The molecule has 0 saturated carbocycles. The maximum Gasteiger partial charge on any atom is 0.253 e. The molecule has 172 valence electrons. The fourth-order valence-electron chi connectivity index (χ4n) is 3.88. The second-order valence-electron chi connectivity index (χ2n) is 8.39. The molecule has 33 heavy (non-hydrogen) atoms. The zero-order chi connectivity index (χ0) is 23.2. The van der Waals surface area contributed by atoms with Crippen molar-refractivity contribution < 1.29 is 18.8 Å². The maximum absolute atomic E-state index is 12.4. The molecule has 7 heteroatoms. The predicted octanol–water partition coefficient (Wildman–Crippen LogP) is 3.97. The molecule has 0 atom stereocenters. The number of amides is 2. The lowest BCUT2D eigenvalue weighted by Crippen LogP contribution is -2.27. The Morgan fingerprint density at radius 2 is 1.67 bits per heavy atom. The number of aryl methyl sites for hydroxylation is 2. The van der Waals surface area contributed by atoms with Crippen LogP contribution in [0.4, 0.5) is 0 Å². The predicted molar refractivity (Wildman–Crippen MR) is 124 cm³/mol. The zero-order valence-corrected chi connectivity index (χ0v) is 19.1. The van der Waals surface area contributed by atoms with Crippen molar-refractivity contribution in [3.63, 3.8) is 0 Å². The van der Waals surface area contributed by atoms with Crippen molar-refractivity contribution >= 4 is 11.8 Å². The number of hydrogen-bond acceptors (Lipinski definition) is 5. The highest BCUT2D eigenvalue weighted by molar-refractivity contribution is 5.94. The van der Waals surface area contributed by atoms with Gasteiger partial charge in [-0.1, -0.05) is 29.4 Å². The highest BCUT2D eigenvalue weighted by Gasteiger charge is 2.19. The Balaban J connectivity index is 1.23. The fraction of sp³-hybridized carbons (Fsp3) is 0.346. The van der Waals surface area contributed by atoms with Crippen molar-refractivity contribution in [2.45, 2.75) is 46.3 Å². The van der Waals surface area contributed by atoms with Crippen LogP contribution in [0.2, 0.25) is 0 Å². The van der Waals surface area contributed by atoms with Gasteiger partial charge < -0.3 is 19.5 Å². The molecule has 1 aliphatic heterocycles. The zero-order valence-electron chi connectivity index (χ0n) is 19.1. The van der Waals surface area contributed by atoms with Gasteiger partial charge in [-0.05, 0) is 62.1 Å². The van der Waals surface area contributed by atoms with E-state index in [4.69, 9.17) is 9.26 Å². The van der Waals surface area contributed by atoms with E-state index in [1.807, 2.05) is 67.3 Å². The molecule has 1 saturated heterocycles. The van der Waals surface area contributed by atoms with Gasteiger partial charge in [0.25, 0.3) is 5.91 Å². The third-order valence-corrected chi connectivity index (χ3v) is 5.94. The van der Waals surface area contributed by atoms with Crippen molar-refractivity contribution in [1.82, 2.24) is 15.4 Å². The summed E-state index contributed by atoms with van der Waals surface area (Å²) >= 11 is 0. The Kier molecular flexibility index (Phi) is 7.07. The smallest absolute Gasteiger partial charge is 0.253 e.